The van der Waals surface area contributed by atoms with Gasteiger partial charge in [-0.2, -0.15) is 18.0 Å². The minimum Gasteiger partial charge on any atom is -0.375 e. The molecule has 0 radical (unpaired) electrons. The molecule has 4 aliphatic rings. The molecule has 0 spiro atoms. The van der Waals surface area contributed by atoms with Crippen molar-refractivity contribution in [1.82, 2.24) is 26.2 Å². The SMILES string of the molecule is O=C(NC1SNNC1C(=O)NC1CCCC(OC2CCCCC2)C1)C1CNCC(C(F)(F)F)C1. The molecule has 0 aromatic carbocycles. The van der Waals surface area contributed by atoms with Gasteiger partial charge in [-0.05, 0) is 56.9 Å². The van der Waals surface area contributed by atoms with Crippen LogP contribution >= 0.6 is 11.9 Å². The molecule has 2 saturated heterocycles. The van der Waals surface area contributed by atoms with Crippen LogP contribution in [0.5, 0.6) is 0 Å². The van der Waals surface area contributed by atoms with E-state index in [4.69, 9.17) is 4.74 Å². The first-order valence-corrected chi connectivity index (χ1v) is 13.4. The monoisotopic (exact) mass is 507 g/mol. The molecule has 6 atom stereocenters. The average Bonchev–Trinajstić information content (AvgIpc) is 3.28. The van der Waals surface area contributed by atoms with E-state index in [1.807, 2.05) is 0 Å². The first-order chi connectivity index (χ1) is 16.3. The van der Waals surface area contributed by atoms with E-state index in [1.165, 1.54) is 19.3 Å². The molecule has 2 saturated carbocycles. The number of rotatable bonds is 6. The van der Waals surface area contributed by atoms with Gasteiger partial charge in [0.1, 0.15) is 11.4 Å². The highest BCUT2D eigenvalue weighted by Gasteiger charge is 2.45. The molecule has 0 aromatic rings. The lowest BCUT2D eigenvalue weighted by molar-refractivity contribution is -0.182. The molecule has 6 unspecified atom stereocenters. The Kier molecular flexibility index (Phi) is 9.00. The summed E-state index contributed by atoms with van der Waals surface area (Å²) >= 11 is 1.14. The van der Waals surface area contributed by atoms with Crippen LogP contribution in [0.1, 0.15) is 64.2 Å². The molecular weight excluding hydrogens is 471 g/mol. The maximum atomic E-state index is 13.1. The highest BCUT2D eigenvalue weighted by atomic mass is 32.2. The van der Waals surface area contributed by atoms with E-state index in [2.05, 4.69) is 26.2 Å². The molecule has 0 bridgehead atoms. The summed E-state index contributed by atoms with van der Waals surface area (Å²) in [6.45, 7) is 0.0183. The first kappa shape index (κ1) is 26.0. The second-order valence-corrected chi connectivity index (χ2v) is 10.9. The second-order valence-electron chi connectivity index (χ2n) is 9.99. The Morgan fingerprint density at radius 2 is 1.65 bits per heavy atom. The van der Waals surface area contributed by atoms with Crippen LogP contribution in [0.25, 0.3) is 0 Å². The number of ether oxygens (including phenoxy) is 1. The predicted octanol–water partition coefficient (Wildman–Crippen LogP) is 2.12. The zero-order chi connectivity index (χ0) is 24.1. The smallest absolute Gasteiger partial charge is 0.375 e. The molecule has 2 aliphatic carbocycles. The number of hydrogen-bond acceptors (Lipinski definition) is 7. The van der Waals surface area contributed by atoms with Crippen molar-refractivity contribution in [2.45, 2.75) is 100 Å². The fourth-order valence-corrected chi connectivity index (χ4v) is 6.26. The molecule has 2 aliphatic heterocycles. The van der Waals surface area contributed by atoms with Crippen molar-refractivity contribution in [3.05, 3.63) is 0 Å². The highest BCUT2D eigenvalue weighted by Crippen LogP contribution is 2.33. The Balaban J connectivity index is 1.25. The number of carbonyl (C=O) groups excluding carboxylic acids is 2. The maximum absolute atomic E-state index is 13.1. The number of amides is 2. The summed E-state index contributed by atoms with van der Waals surface area (Å²) in [6, 6.07) is -0.711. The van der Waals surface area contributed by atoms with Crippen LogP contribution in [0.3, 0.4) is 0 Å². The van der Waals surface area contributed by atoms with Crippen LogP contribution in [0.15, 0.2) is 0 Å². The third-order valence-electron chi connectivity index (χ3n) is 7.36. The van der Waals surface area contributed by atoms with Crippen molar-refractivity contribution in [2.75, 3.05) is 13.1 Å². The second kappa shape index (κ2) is 11.8. The van der Waals surface area contributed by atoms with Gasteiger partial charge in [-0.3, -0.25) is 9.59 Å². The lowest BCUT2D eigenvalue weighted by Gasteiger charge is -2.34. The summed E-state index contributed by atoms with van der Waals surface area (Å²) < 4.78 is 45.5. The number of alkyl halides is 3. The van der Waals surface area contributed by atoms with Crippen molar-refractivity contribution in [3.63, 3.8) is 0 Å². The summed E-state index contributed by atoms with van der Waals surface area (Å²) in [5, 5.41) is 7.94. The van der Waals surface area contributed by atoms with Crippen LogP contribution in [0.2, 0.25) is 0 Å². The zero-order valence-electron chi connectivity index (χ0n) is 19.3. The maximum Gasteiger partial charge on any atom is 0.393 e. The molecule has 4 fully saturated rings. The van der Waals surface area contributed by atoms with Crippen molar-refractivity contribution < 1.29 is 27.5 Å². The summed E-state index contributed by atoms with van der Waals surface area (Å²) in [5.74, 6) is -3.04. The lowest BCUT2D eigenvalue weighted by Crippen LogP contribution is -2.56. The highest BCUT2D eigenvalue weighted by molar-refractivity contribution is 7.98. The van der Waals surface area contributed by atoms with Gasteiger partial charge in [-0.25, -0.2) is 5.43 Å². The van der Waals surface area contributed by atoms with E-state index in [-0.39, 0.29) is 37.6 Å². The largest absolute Gasteiger partial charge is 0.393 e. The van der Waals surface area contributed by atoms with Gasteiger partial charge in [0.25, 0.3) is 0 Å². The normalized spacial score (nSPS) is 35.6. The molecule has 0 aromatic heterocycles. The lowest BCUT2D eigenvalue weighted by atomic mass is 9.89. The molecule has 12 heteroatoms. The van der Waals surface area contributed by atoms with E-state index >= 15 is 0 Å². The predicted molar refractivity (Wildman–Crippen MR) is 122 cm³/mol. The van der Waals surface area contributed by atoms with E-state index in [1.54, 1.807) is 0 Å². The third kappa shape index (κ3) is 6.99. The number of nitrogens with one attached hydrogen (secondary N) is 5. The number of carbonyl (C=O) groups is 2. The fraction of sp³-hybridized carbons (Fsp3) is 0.909. The number of halogens is 3. The molecule has 5 N–H and O–H groups in total. The van der Waals surface area contributed by atoms with Gasteiger partial charge < -0.3 is 20.7 Å². The van der Waals surface area contributed by atoms with Crippen LogP contribution < -0.4 is 26.2 Å². The van der Waals surface area contributed by atoms with Crippen LogP contribution in [0, 0.1) is 11.8 Å². The topological polar surface area (TPSA) is 104 Å². The van der Waals surface area contributed by atoms with Gasteiger partial charge in [-0.1, -0.05) is 19.3 Å². The Labute approximate surface area is 202 Å². The van der Waals surface area contributed by atoms with Crippen LogP contribution in [-0.2, 0) is 14.3 Å². The number of hydrazine groups is 1. The molecule has 194 valence electrons. The van der Waals surface area contributed by atoms with Gasteiger partial charge in [0.05, 0.1) is 24.0 Å². The molecule has 34 heavy (non-hydrogen) atoms. The Hall–Kier alpha value is -1.08. The van der Waals surface area contributed by atoms with Crippen molar-refractivity contribution >= 4 is 23.8 Å². The molecule has 2 heterocycles. The zero-order valence-corrected chi connectivity index (χ0v) is 20.1. The van der Waals surface area contributed by atoms with Crippen molar-refractivity contribution in [3.8, 4) is 0 Å². The van der Waals surface area contributed by atoms with Crippen LogP contribution in [-0.4, -0.2) is 60.7 Å². The minimum atomic E-state index is -4.34. The van der Waals surface area contributed by atoms with E-state index < -0.39 is 35.3 Å². The van der Waals surface area contributed by atoms with E-state index in [0.29, 0.717) is 6.10 Å². The molecular formula is C22H36F3N5O3S. The van der Waals surface area contributed by atoms with Gasteiger partial charge in [0, 0.05) is 19.1 Å². The minimum absolute atomic E-state index is 0.00804. The Morgan fingerprint density at radius 3 is 2.41 bits per heavy atom. The van der Waals surface area contributed by atoms with Gasteiger partial charge in [0.15, 0.2) is 0 Å². The standard InChI is InChI=1S/C22H36F3N5O3S/c23-22(24,25)14-9-13(11-26-12-14)19(31)28-21-18(29-30-34-21)20(32)27-15-5-4-8-17(10-15)33-16-6-2-1-3-7-16/h13-18,21,26,29-30H,1-12H2,(H,27,32)(H,28,31). The van der Waals surface area contributed by atoms with E-state index in [0.717, 1.165) is 50.5 Å². The van der Waals surface area contributed by atoms with Gasteiger partial charge >= 0.3 is 6.18 Å². The molecule has 4 rings (SSSR count). The quantitative estimate of drug-likeness (QED) is 0.351. The number of piperidine rings is 1. The number of hydrogen-bond donors (Lipinski definition) is 5. The van der Waals surface area contributed by atoms with Gasteiger partial charge in [-0.15, -0.1) is 0 Å². The third-order valence-corrected chi connectivity index (χ3v) is 8.24. The fourth-order valence-electron chi connectivity index (χ4n) is 5.43. The Morgan fingerprint density at radius 1 is 0.882 bits per heavy atom. The van der Waals surface area contributed by atoms with Gasteiger partial charge in [0.2, 0.25) is 11.8 Å². The Bertz CT molecular complexity index is 710. The van der Waals surface area contributed by atoms with E-state index in [9.17, 15) is 22.8 Å². The molecule has 8 nitrogen and oxygen atoms in total. The summed E-state index contributed by atoms with van der Waals surface area (Å²) in [7, 11) is 0. The molecule has 2 amide bonds. The van der Waals surface area contributed by atoms with Crippen LogP contribution in [0.4, 0.5) is 13.2 Å². The summed E-state index contributed by atoms with van der Waals surface area (Å²) in [4.78, 5) is 28.5. The first-order valence-electron chi connectivity index (χ1n) is 12.5. The summed E-state index contributed by atoms with van der Waals surface area (Å²) in [5.41, 5.74) is 2.87. The average molecular weight is 508 g/mol. The summed E-state index contributed by atoms with van der Waals surface area (Å²) in [6.07, 6.45) is 5.50. The van der Waals surface area contributed by atoms with Crippen molar-refractivity contribution in [2.24, 2.45) is 11.8 Å². The van der Waals surface area contributed by atoms with Crippen molar-refractivity contribution in [1.29, 1.82) is 0 Å².